The molecule has 0 fully saturated rings. The van der Waals surface area contributed by atoms with Crippen LogP contribution in [0.2, 0.25) is 5.15 Å². The second-order valence-corrected chi connectivity index (χ2v) is 3.08. The van der Waals surface area contributed by atoms with Gasteiger partial charge in [-0.1, -0.05) is 23.4 Å². The van der Waals surface area contributed by atoms with Gasteiger partial charge < -0.3 is 4.74 Å². The first-order valence-corrected chi connectivity index (χ1v) is 5.07. The lowest BCUT2D eigenvalue weighted by molar-refractivity contribution is 0.336. The molecule has 0 atom stereocenters. The lowest BCUT2D eigenvalue weighted by Gasteiger charge is -2.03. The zero-order chi connectivity index (χ0) is 8.97. The van der Waals surface area contributed by atoms with Crippen LogP contribution in [0.1, 0.15) is 6.92 Å². The molecule has 0 aliphatic heterocycles. The largest absolute Gasteiger partial charge is 0.489 e. The van der Waals surface area contributed by atoms with E-state index in [9.17, 15) is 0 Å². The SMILES string of the molecule is CCOc1cnc(SC)nc1Cl. The van der Waals surface area contributed by atoms with Crippen LogP contribution < -0.4 is 4.74 Å². The van der Waals surface area contributed by atoms with Gasteiger partial charge in [0.15, 0.2) is 16.1 Å². The van der Waals surface area contributed by atoms with Crippen LogP contribution >= 0.6 is 23.4 Å². The summed E-state index contributed by atoms with van der Waals surface area (Å²) < 4.78 is 5.17. The second-order valence-electron chi connectivity index (χ2n) is 1.94. The fourth-order valence-electron chi connectivity index (χ4n) is 0.686. The first kappa shape index (κ1) is 9.61. The number of ether oxygens (including phenoxy) is 1. The van der Waals surface area contributed by atoms with Gasteiger partial charge >= 0.3 is 0 Å². The van der Waals surface area contributed by atoms with E-state index < -0.39 is 0 Å². The summed E-state index contributed by atoms with van der Waals surface area (Å²) in [7, 11) is 0. The van der Waals surface area contributed by atoms with Gasteiger partial charge in [0.1, 0.15) is 0 Å². The molecule has 1 rings (SSSR count). The third-order valence-electron chi connectivity index (χ3n) is 1.17. The Balaban J connectivity index is 2.87. The van der Waals surface area contributed by atoms with E-state index in [0.717, 1.165) is 0 Å². The molecule has 66 valence electrons. The average molecular weight is 205 g/mol. The van der Waals surface area contributed by atoms with Crippen LogP contribution in [-0.4, -0.2) is 22.8 Å². The lowest BCUT2D eigenvalue weighted by Crippen LogP contribution is -1.95. The minimum absolute atomic E-state index is 0.371. The van der Waals surface area contributed by atoms with Crippen LogP contribution in [0.15, 0.2) is 11.4 Å². The number of hydrogen-bond donors (Lipinski definition) is 0. The molecule has 1 aromatic rings. The summed E-state index contributed by atoms with van der Waals surface area (Å²) >= 11 is 7.25. The Morgan fingerprint density at radius 2 is 2.42 bits per heavy atom. The number of rotatable bonds is 3. The van der Waals surface area contributed by atoms with Crippen LogP contribution in [-0.2, 0) is 0 Å². The molecule has 0 aliphatic rings. The van der Waals surface area contributed by atoms with Crippen LogP contribution in [0.3, 0.4) is 0 Å². The van der Waals surface area contributed by atoms with Crippen molar-refractivity contribution in [3.63, 3.8) is 0 Å². The molecule has 0 saturated heterocycles. The minimum Gasteiger partial charge on any atom is -0.489 e. The summed E-state index contributed by atoms with van der Waals surface area (Å²) in [6.45, 7) is 2.46. The fraction of sp³-hybridized carbons (Fsp3) is 0.429. The van der Waals surface area contributed by atoms with E-state index in [0.29, 0.717) is 22.7 Å². The number of aromatic nitrogens is 2. The zero-order valence-corrected chi connectivity index (χ0v) is 8.45. The predicted molar refractivity (Wildman–Crippen MR) is 50.0 cm³/mol. The summed E-state index contributed by atoms with van der Waals surface area (Å²) in [6.07, 6.45) is 3.48. The minimum atomic E-state index is 0.371. The standard InChI is InChI=1S/C7H9ClN2OS/c1-3-11-5-4-9-7(12-2)10-6(5)8/h4H,3H2,1-2H3. The van der Waals surface area contributed by atoms with E-state index in [-0.39, 0.29) is 0 Å². The first-order valence-electron chi connectivity index (χ1n) is 3.47. The summed E-state index contributed by atoms with van der Waals surface area (Å²) in [6, 6.07) is 0. The molecule has 1 aromatic heterocycles. The Hall–Kier alpha value is -0.480. The Kier molecular flexibility index (Phi) is 3.62. The van der Waals surface area contributed by atoms with Crippen LogP contribution in [0, 0.1) is 0 Å². The molecular weight excluding hydrogens is 196 g/mol. The highest BCUT2D eigenvalue weighted by atomic mass is 35.5. The van der Waals surface area contributed by atoms with E-state index in [2.05, 4.69) is 9.97 Å². The third-order valence-corrected chi connectivity index (χ3v) is 2.00. The molecular formula is C7H9ClN2OS. The van der Waals surface area contributed by atoms with E-state index in [1.165, 1.54) is 11.8 Å². The van der Waals surface area contributed by atoms with Crippen molar-refractivity contribution < 1.29 is 4.74 Å². The van der Waals surface area contributed by atoms with Crippen LogP contribution in [0.25, 0.3) is 0 Å². The normalized spacial score (nSPS) is 9.92. The van der Waals surface area contributed by atoms with Gasteiger partial charge in [0.05, 0.1) is 12.8 Å². The molecule has 0 spiro atoms. The Labute approximate surface area is 80.5 Å². The molecule has 0 amide bonds. The van der Waals surface area contributed by atoms with Crippen LogP contribution in [0.5, 0.6) is 5.75 Å². The molecule has 12 heavy (non-hydrogen) atoms. The van der Waals surface area contributed by atoms with Crippen molar-refractivity contribution in [2.24, 2.45) is 0 Å². The molecule has 0 unspecified atom stereocenters. The summed E-state index contributed by atoms with van der Waals surface area (Å²) in [5.74, 6) is 0.539. The van der Waals surface area contributed by atoms with E-state index in [1.807, 2.05) is 13.2 Å². The fourth-order valence-corrected chi connectivity index (χ4v) is 1.26. The molecule has 0 saturated carbocycles. The monoisotopic (exact) mass is 204 g/mol. The summed E-state index contributed by atoms with van der Waals surface area (Å²) in [5, 5.41) is 1.03. The lowest BCUT2D eigenvalue weighted by atomic mass is 10.6. The molecule has 0 bridgehead atoms. The number of hydrogen-bond acceptors (Lipinski definition) is 4. The van der Waals surface area contributed by atoms with Gasteiger partial charge in [-0.05, 0) is 13.2 Å². The number of nitrogens with zero attached hydrogens (tertiary/aromatic N) is 2. The Morgan fingerprint density at radius 1 is 1.67 bits per heavy atom. The average Bonchev–Trinajstić information content (AvgIpc) is 2.09. The third kappa shape index (κ3) is 2.25. The Bertz CT molecular complexity index is 270. The summed E-state index contributed by atoms with van der Waals surface area (Å²) in [4.78, 5) is 8.02. The highest BCUT2D eigenvalue weighted by molar-refractivity contribution is 7.98. The zero-order valence-electron chi connectivity index (χ0n) is 6.87. The van der Waals surface area contributed by atoms with Crippen LogP contribution in [0.4, 0.5) is 0 Å². The maximum Gasteiger partial charge on any atom is 0.188 e. The smallest absolute Gasteiger partial charge is 0.188 e. The van der Waals surface area contributed by atoms with Crippen molar-refractivity contribution in [2.45, 2.75) is 12.1 Å². The van der Waals surface area contributed by atoms with Gasteiger partial charge in [0, 0.05) is 0 Å². The quantitative estimate of drug-likeness (QED) is 0.430. The van der Waals surface area contributed by atoms with Gasteiger partial charge in [-0.15, -0.1) is 0 Å². The highest BCUT2D eigenvalue weighted by Gasteiger charge is 2.03. The van der Waals surface area contributed by atoms with Gasteiger partial charge in [0.25, 0.3) is 0 Å². The first-order chi connectivity index (χ1) is 5.77. The predicted octanol–water partition coefficient (Wildman–Crippen LogP) is 2.25. The summed E-state index contributed by atoms with van der Waals surface area (Å²) in [5.41, 5.74) is 0. The molecule has 0 aliphatic carbocycles. The van der Waals surface area contributed by atoms with Gasteiger partial charge in [0.2, 0.25) is 0 Å². The maximum atomic E-state index is 5.80. The van der Waals surface area contributed by atoms with E-state index in [1.54, 1.807) is 6.20 Å². The molecule has 1 heterocycles. The Morgan fingerprint density at radius 3 is 2.92 bits per heavy atom. The van der Waals surface area contributed by atoms with Crippen molar-refractivity contribution >= 4 is 23.4 Å². The van der Waals surface area contributed by atoms with Crippen molar-refractivity contribution in [1.82, 2.24) is 9.97 Å². The van der Waals surface area contributed by atoms with Crippen molar-refractivity contribution in [1.29, 1.82) is 0 Å². The van der Waals surface area contributed by atoms with Crippen molar-refractivity contribution in [3.05, 3.63) is 11.3 Å². The number of halogens is 1. The van der Waals surface area contributed by atoms with Gasteiger partial charge in [-0.2, -0.15) is 0 Å². The van der Waals surface area contributed by atoms with Gasteiger partial charge in [-0.3, -0.25) is 0 Å². The topological polar surface area (TPSA) is 35.0 Å². The number of thioether (sulfide) groups is 1. The van der Waals surface area contributed by atoms with E-state index in [4.69, 9.17) is 16.3 Å². The maximum absolute atomic E-state index is 5.80. The van der Waals surface area contributed by atoms with Crippen molar-refractivity contribution in [2.75, 3.05) is 12.9 Å². The molecule has 0 radical (unpaired) electrons. The highest BCUT2D eigenvalue weighted by Crippen LogP contribution is 2.22. The van der Waals surface area contributed by atoms with Gasteiger partial charge in [-0.25, -0.2) is 9.97 Å². The van der Waals surface area contributed by atoms with E-state index >= 15 is 0 Å². The molecule has 0 N–H and O–H groups in total. The molecule has 3 nitrogen and oxygen atoms in total. The van der Waals surface area contributed by atoms with Crippen molar-refractivity contribution in [3.8, 4) is 5.75 Å². The molecule has 5 heteroatoms. The second kappa shape index (κ2) is 4.52. The molecule has 0 aromatic carbocycles.